The third-order valence-electron chi connectivity index (χ3n) is 4.02. The Labute approximate surface area is 165 Å². The van der Waals surface area contributed by atoms with E-state index in [1.165, 1.54) is 0 Å². The molecule has 7 heteroatoms. The van der Waals surface area contributed by atoms with Crippen molar-refractivity contribution in [3.05, 3.63) is 53.8 Å². The van der Waals surface area contributed by atoms with Gasteiger partial charge in [0.05, 0.1) is 5.56 Å². The van der Waals surface area contributed by atoms with Gasteiger partial charge in [0.25, 0.3) is 0 Å². The highest BCUT2D eigenvalue weighted by Gasteiger charge is 2.43. The molecule has 0 aromatic heterocycles. The van der Waals surface area contributed by atoms with Crippen molar-refractivity contribution >= 4 is 14.0 Å². The smallest absolute Gasteiger partial charge is 0.370 e. The van der Waals surface area contributed by atoms with E-state index in [2.05, 4.69) is 0 Å². The van der Waals surface area contributed by atoms with E-state index < -0.39 is 26.3 Å². The number of benzene rings is 2. The molecule has 0 atom stereocenters. The first-order valence-electron chi connectivity index (χ1n) is 9.64. The molecule has 0 saturated carbocycles. The van der Waals surface area contributed by atoms with Crippen LogP contribution in [0.3, 0.4) is 0 Å². The summed E-state index contributed by atoms with van der Waals surface area (Å²) in [5.41, 5.74) is 0.0433. The first-order valence-corrected chi connectivity index (χ1v) is 11.4. The molecule has 0 heterocycles. The van der Waals surface area contributed by atoms with Gasteiger partial charge in [-0.05, 0) is 24.8 Å². The Balaban J connectivity index is 2.41. The molecule has 0 aliphatic heterocycles. The Morgan fingerprint density at radius 3 is 1.54 bits per heavy atom. The minimum absolute atomic E-state index is 0.265. The summed E-state index contributed by atoms with van der Waals surface area (Å²) in [6.07, 6.45) is 2.43. The van der Waals surface area contributed by atoms with Crippen LogP contribution in [-0.2, 0) is 13.3 Å². The van der Waals surface area contributed by atoms with Gasteiger partial charge in [-0.1, -0.05) is 45.0 Å². The van der Waals surface area contributed by atoms with Crippen molar-refractivity contribution in [1.29, 1.82) is 0 Å². The quantitative estimate of drug-likeness (QED) is 0.475. The molecule has 0 aliphatic carbocycles. The minimum atomic E-state index is -3.14. The van der Waals surface area contributed by atoms with Crippen molar-refractivity contribution in [2.75, 3.05) is 19.8 Å². The standard InChI is InChI=1S/C21H27F3O3Si/c1-4-11-25-28(26-12-5-2,27-13-6-3)18-9-7-16(8-10-18)21-19(23)14-17(22)15-20(21)24/h7-10,14-15H,4-6,11-13H2,1-3H3. The van der Waals surface area contributed by atoms with Crippen LogP contribution in [-0.4, -0.2) is 28.6 Å². The summed E-state index contributed by atoms with van der Waals surface area (Å²) >= 11 is 0. The molecular formula is C21H27F3O3Si. The number of halogens is 3. The van der Waals surface area contributed by atoms with E-state index in [0.29, 0.717) is 37.5 Å². The van der Waals surface area contributed by atoms with E-state index in [1.54, 1.807) is 24.3 Å². The average molecular weight is 413 g/mol. The fraction of sp³-hybridized carbons (Fsp3) is 0.429. The Kier molecular flexibility index (Phi) is 8.69. The van der Waals surface area contributed by atoms with Gasteiger partial charge in [0, 0.05) is 37.1 Å². The van der Waals surface area contributed by atoms with E-state index in [-0.39, 0.29) is 5.56 Å². The first kappa shape index (κ1) is 22.6. The van der Waals surface area contributed by atoms with Gasteiger partial charge in [-0.3, -0.25) is 0 Å². The second-order valence-electron chi connectivity index (χ2n) is 6.42. The molecule has 0 radical (unpaired) electrons. The number of hydrogen-bond acceptors (Lipinski definition) is 3. The lowest BCUT2D eigenvalue weighted by Gasteiger charge is -2.30. The second kappa shape index (κ2) is 10.8. The van der Waals surface area contributed by atoms with Crippen LogP contribution in [0.5, 0.6) is 0 Å². The summed E-state index contributed by atoms with van der Waals surface area (Å²) in [5.74, 6) is -2.84. The van der Waals surface area contributed by atoms with E-state index in [1.807, 2.05) is 20.8 Å². The number of hydrogen-bond donors (Lipinski definition) is 0. The van der Waals surface area contributed by atoms with Gasteiger partial charge in [-0.25, -0.2) is 13.2 Å². The lowest BCUT2D eigenvalue weighted by Crippen LogP contribution is -2.57. The lowest BCUT2D eigenvalue weighted by atomic mass is 10.0. The van der Waals surface area contributed by atoms with E-state index in [0.717, 1.165) is 24.4 Å². The summed E-state index contributed by atoms with van der Waals surface area (Å²) in [5, 5.41) is 0.731. The van der Waals surface area contributed by atoms with Crippen LogP contribution in [0.15, 0.2) is 36.4 Å². The summed E-state index contributed by atoms with van der Waals surface area (Å²) in [6, 6.07) is 7.93. The predicted molar refractivity (Wildman–Crippen MR) is 106 cm³/mol. The third kappa shape index (κ3) is 5.44. The SMILES string of the molecule is CCCO[Si](OCCC)(OCCC)c1ccc(-c2c(F)cc(F)cc2F)cc1. The molecule has 0 bridgehead atoms. The molecule has 3 nitrogen and oxygen atoms in total. The van der Waals surface area contributed by atoms with Gasteiger partial charge in [0.2, 0.25) is 0 Å². The van der Waals surface area contributed by atoms with Gasteiger partial charge >= 0.3 is 8.80 Å². The predicted octanol–water partition coefficient (Wildman–Crippen LogP) is 5.20. The molecule has 0 amide bonds. The van der Waals surface area contributed by atoms with Crippen LogP contribution in [0.1, 0.15) is 40.0 Å². The Morgan fingerprint density at radius 2 is 1.14 bits per heavy atom. The molecule has 154 valence electrons. The van der Waals surface area contributed by atoms with E-state index >= 15 is 0 Å². The fourth-order valence-corrected chi connectivity index (χ4v) is 5.49. The zero-order valence-electron chi connectivity index (χ0n) is 16.6. The zero-order valence-corrected chi connectivity index (χ0v) is 17.6. The van der Waals surface area contributed by atoms with Crippen molar-refractivity contribution in [2.45, 2.75) is 40.0 Å². The molecule has 2 aromatic carbocycles. The molecule has 0 aliphatic rings. The maximum Gasteiger partial charge on any atom is 0.537 e. The van der Waals surface area contributed by atoms with Crippen molar-refractivity contribution in [1.82, 2.24) is 0 Å². The average Bonchev–Trinajstić information content (AvgIpc) is 2.67. The van der Waals surface area contributed by atoms with Crippen LogP contribution in [0, 0.1) is 17.5 Å². The summed E-state index contributed by atoms with van der Waals surface area (Å²) in [7, 11) is -3.14. The van der Waals surface area contributed by atoms with E-state index in [9.17, 15) is 13.2 Å². The van der Waals surface area contributed by atoms with Crippen LogP contribution in [0.25, 0.3) is 11.1 Å². The molecule has 0 unspecified atom stereocenters. The normalized spacial score (nSPS) is 11.8. The highest BCUT2D eigenvalue weighted by Crippen LogP contribution is 2.27. The highest BCUT2D eigenvalue weighted by atomic mass is 28.4. The maximum atomic E-state index is 14.1. The minimum Gasteiger partial charge on any atom is -0.370 e. The molecule has 28 heavy (non-hydrogen) atoms. The van der Waals surface area contributed by atoms with Gasteiger partial charge in [-0.15, -0.1) is 0 Å². The van der Waals surface area contributed by atoms with Gasteiger partial charge in [0.1, 0.15) is 17.5 Å². The Hall–Kier alpha value is -1.67. The van der Waals surface area contributed by atoms with Crippen molar-refractivity contribution in [3.63, 3.8) is 0 Å². The second-order valence-corrected chi connectivity index (χ2v) is 8.98. The molecule has 0 spiro atoms. The van der Waals surface area contributed by atoms with Gasteiger partial charge < -0.3 is 13.3 Å². The van der Waals surface area contributed by atoms with Crippen LogP contribution >= 0.6 is 0 Å². The van der Waals surface area contributed by atoms with Crippen molar-refractivity contribution in [3.8, 4) is 11.1 Å². The fourth-order valence-electron chi connectivity index (χ4n) is 2.74. The largest absolute Gasteiger partial charge is 0.537 e. The Bertz CT molecular complexity index is 708. The topological polar surface area (TPSA) is 27.7 Å². The molecule has 2 rings (SSSR count). The number of rotatable bonds is 11. The lowest BCUT2D eigenvalue weighted by molar-refractivity contribution is 0.0732. The van der Waals surface area contributed by atoms with Crippen LogP contribution in [0.2, 0.25) is 0 Å². The molecule has 0 saturated heterocycles. The van der Waals surface area contributed by atoms with Crippen LogP contribution < -0.4 is 5.19 Å². The van der Waals surface area contributed by atoms with E-state index in [4.69, 9.17) is 13.3 Å². The third-order valence-corrected chi connectivity index (χ3v) is 6.82. The molecule has 0 N–H and O–H groups in total. The highest BCUT2D eigenvalue weighted by molar-refractivity contribution is 6.75. The maximum absolute atomic E-state index is 14.1. The zero-order chi connectivity index (χ0) is 20.6. The summed E-state index contributed by atoms with van der Waals surface area (Å²) in [6.45, 7) is 7.47. The van der Waals surface area contributed by atoms with Crippen LogP contribution in [0.4, 0.5) is 13.2 Å². The van der Waals surface area contributed by atoms with Gasteiger partial charge in [-0.2, -0.15) is 0 Å². The van der Waals surface area contributed by atoms with Crippen molar-refractivity contribution in [2.24, 2.45) is 0 Å². The molecule has 2 aromatic rings. The molecular weight excluding hydrogens is 385 g/mol. The Morgan fingerprint density at radius 1 is 0.714 bits per heavy atom. The first-order chi connectivity index (χ1) is 13.5. The van der Waals surface area contributed by atoms with Gasteiger partial charge in [0.15, 0.2) is 0 Å². The summed E-state index contributed by atoms with van der Waals surface area (Å²) < 4.78 is 59.6. The van der Waals surface area contributed by atoms with Crippen molar-refractivity contribution < 1.29 is 26.4 Å². The monoisotopic (exact) mass is 412 g/mol. The molecule has 0 fully saturated rings. The summed E-state index contributed by atoms with van der Waals surface area (Å²) in [4.78, 5) is 0.